The van der Waals surface area contributed by atoms with Gasteiger partial charge in [0.25, 0.3) is 0 Å². The van der Waals surface area contributed by atoms with Gasteiger partial charge in [0.05, 0.1) is 6.10 Å². The van der Waals surface area contributed by atoms with E-state index in [9.17, 15) is 5.11 Å². The van der Waals surface area contributed by atoms with Crippen molar-refractivity contribution < 1.29 is 9.84 Å². The first-order valence-electron chi connectivity index (χ1n) is 7.81. The fraction of sp³-hybridized carbons (Fsp3) is 0.444. The van der Waals surface area contributed by atoms with Gasteiger partial charge in [0.1, 0.15) is 5.75 Å². The lowest BCUT2D eigenvalue weighted by Gasteiger charge is -2.24. The summed E-state index contributed by atoms with van der Waals surface area (Å²) >= 11 is 0. The van der Waals surface area contributed by atoms with E-state index < -0.39 is 0 Å². The molecule has 2 aromatic rings. The topological polar surface area (TPSA) is 32.7 Å². The van der Waals surface area contributed by atoms with Crippen LogP contribution in [0, 0.1) is 0 Å². The number of hydrogen-bond acceptors (Lipinski definition) is 3. The number of phenols is 1. The van der Waals surface area contributed by atoms with Gasteiger partial charge in [-0.15, -0.1) is 0 Å². The lowest BCUT2D eigenvalue weighted by molar-refractivity contribution is 0.0724. The molecule has 3 heteroatoms. The monoisotopic (exact) mass is 285 g/mol. The normalized spacial score (nSPS) is 18.7. The summed E-state index contributed by atoms with van der Waals surface area (Å²) in [7, 11) is 0. The summed E-state index contributed by atoms with van der Waals surface area (Å²) in [6.45, 7) is 5.73. The van der Waals surface area contributed by atoms with Gasteiger partial charge in [-0.05, 0) is 36.2 Å². The summed E-state index contributed by atoms with van der Waals surface area (Å²) in [4.78, 5) is 2.36. The molecule has 3 rings (SSSR count). The first-order chi connectivity index (χ1) is 10.3. The molecule has 0 bridgehead atoms. The molecular weight excluding hydrogens is 262 g/mol. The van der Waals surface area contributed by atoms with Crippen LogP contribution in [0.2, 0.25) is 0 Å². The third-order valence-electron chi connectivity index (χ3n) is 4.33. The third-order valence-corrected chi connectivity index (χ3v) is 4.33. The van der Waals surface area contributed by atoms with E-state index in [1.165, 1.54) is 11.8 Å². The van der Waals surface area contributed by atoms with Gasteiger partial charge < -0.3 is 9.84 Å². The quantitative estimate of drug-likeness (QED) is 0.912. The molecule has 1 unspecified atom stereocenters. The Bertz CT molecular complexity index is 605. The van der Waals surface area contributed by atoms with Crippen LogP contribution >= 0.6 is 0 Å². The van der Waals surface area contributed by atoms with Crippen LogP contribution in [0.15, 0.2) is 36.4 Å². The molecule has 1 fully saturated rings. The Balaban J connectivity index is 1.83. The minimum Gasteiger partial charge on any atom is -0.508 e. The van der Waals surface area contributed by atoms with Gasteiger partial charge in [-0.25, -0.2) is 0 Å². The molecule has 1 atom stereocenters. The first-order valence-corrected chi connectivity index (χ1v) is 7.81. The Hall–Kier alpha value is -1.58. The van der Waals surface area contributed by atoms with E-state index in [-0.39, 0.29) is 0 Å². The number of benzene rings is 2. The summed E-state index contributed by atoms with van der Waals surface area (Å²) in [5, 5.41) is 12.6. The van der Waals surface area contributed by atoms with Crippen molar-refractivity contribution in [2.24, 2.45) is 0 Å². The molecule has 0 amide bonds. The molecule has 1 heterocycles. The second-order valence-electron chi connectivity index (χ2n) is 5.75. The number of aromatic hydroxyl groups is 1. The van der Waals surface area contributed by atoms with Crippen molar-refractivity contribution in [1.29, 1.82) is 0 Å². The van der Waals surface area contributed by atoms with E-state index in [1.807, 2.05) is 18.2 Å². The van der Waals surface area contributed by atoms with Crippen LogP contribution < -0.4 is 0 Å². The van der Waals surface area contributed by atoms with Crippen LogP contribution in [0.25, 0.3) is 10.8 Å². The lowest BCUT2D eigenvalue weighted by atomic mass is 10.0. The second-order valence-corrected chi connectivity index (χ2v) is 5.75. The Morgan fingerprint density at radius 1 is 1.24 bits per heavy atom. The van der Waals surface area contributed by atoms with E-state index >= 15 is 0 Å². The molecule has 3 nitrogen and oxygen atoms in total. The highest BCUT2D eigenvalue weighted by Crippen LogP contribution is 2.28. The van der Waals surface area contributed by atoms with Gasteiger partial charge in [-0.1, -0.05) is 37.3 Å². The molecule has 0 spiro atoms. The molecule has 0 saturated carbocycles. The van der Waals surface area contributed by atoms with Crippen molar-refractivity contribution in [3.8, 4) is 5.75 Å². The van der Waals surface area contributed by atoms with Crippen molar-refractivity contribution >= 4 is 10.8 Å². The molecule has 1 N–H and O–H groups in total. The maximum Gasteiger partial charge on any atom is 0.120 e. The van der Waals surface area contributed by atoms with Crippen molar-refractivity contribution in [1.82, 2.24) is 4.90 Å². The van der Waals surface area contributed by atoms with Gasteiger partial charge >= 0.3 is 0 Å². The third kappa shape index (κ3) is 3.20. The van der Waals surface area contributed by atoms with E-state index in [0.29, 0.717) is 11.9 Å². The van der Waals surface area contributed by atoms with Crippen LogP contribution in [0.4, 0.5) is 0 Å². The summed E-state index contributed by atoms with van der Waals surface area (Å²) < 4.78 is 5.74. The Labute approximate surface area is 126 Å². The average Bonchev–Trinajstić information content (AvgIpc) is 3.02. The fourth-order valence-electron chi connectivity index (χ4n) is 3.10. The van der Waals surface area contributed by atoms with E-state index in [0.717, 1.165) is 43.6 Å². The van der Waals surface area contributed by atoms with Gasteiger partial charge in [0.15, 0.2) is 0 Å². The Kier molecular flexibility index (Phi) is 4.42. The summed E-state index contributed by atoms with van der Waals surface area (Å²) in [5.41, 5.74) is 1.02. The fourth-order valence-corrected chi connectivity index (χ4v) is 3.10. The molecule has 112 valence electrons. The summed E-state index contributed by atoms with van der Waals surface area (Å²) in [5.74, 6) is 0.388. The summed E-state index contributed by atoms with van der Waals surface area (Å²) in [6, 6.07) is 12.0. The van der Waals surface area contributed by atoms with Gasteiger partial charge in [-0.2, -0.15) is 0 Å². The zero-order valence-corrected chi connectivity index (χ0v) is 12.6. The minimum absolute atomic E-state index is 0.349. The summed E-state index contributed by atoms with van der Waals surface area (Å²) in [6.07, 6.45) is 2.67. The predicted molar refractivity (Wildman–Crippen MR) is 85.5 cm³/mol. The van der Waals surface area contributed by atoms with Crippen LogP contribution in [-0.2, 0) is 11.3 Å². The number of nitrogens with zero attached hydrogens (tertiary/aromatic N) is 1. The molecule has 1 aliphatic rings. The SMILES string of the molecule is CCN(Cc1c(O)ccc2ccccc12)CC1CCCO1. The number of fused-ring (bicyclic) bond motifs is 1. The Morgan fingerprint density at radius 3 is 2.86 bits per heavy atom. The van der Waals surface area contributed by atoms with Gasteiger partial charge in [0.2, 0.25) is 0 Å². The second kappa shape index (κ2) is 6.46. The number of likely N-dealkylation sites (N-methyl/N-ethyl adjacent to an activating group) is 1. The van der Waals surface area contributed by atoms with Crippen LogP contribution in [0.1, 0.15) is 25.3 Å². The largest absolute Gasteiger partial charge is 0.508 e. The standard InChI is InChI=1S/C18H23NO2/c1-2-19(12-15-7-5-11-21-15)13-17-16-8-4-3-6-14(16)9-10-18(17)20/h3-4,6,8-10,15,20H,2,5,7,11-13H2,1H3. The molecule has 2 aromatic carbocycles. The van der Waals surface area contributed by atoms with E-state index in [1.54, 1.807) is 6.07 Å². The minimum atomic E-state index is 0.349. The average molecular weight is 285 g/mol. The molecule has 1 saturated heterocycles. The number of ether oxygens (including phenoxy) is 1. The zero-order valence-electron chi connectivity index (χ0n) is 12.6. The zero-order chi connectivity index (χ0) is 14.7. The van der Waals surface area contributed by atoms with Gasteiger partial charge in [-0.3, -0.25) is 4.90 Å². The van der Waals surface area contributed by atoms with Crippen molar-refractivity contribution in [2.75, 3.05) is 19.7 Å². The van der Waals surface area contributed by atoms with Crippen molar-refractivity contribution in [2.45, 2.75) is 32.4 Å². The molecule has 0 radical (unpaired) electrons. The van der Waals surface area contributed by atoms with Gasteiger partial charge in [0, 0.05) is 25.3 Å². The molecule has 0 aromatic heterocycles. The predicted octanol–water partition coefficient (Wildman–Crippen LogP) is 3.55. The number of hydrogen-bond donors (Lipinski definition) is 1. The highest BCUT2D eigenvalue weighted by molar-refractivity contribution is 5.87. The maximum atomic E-state index is 10.3. The maximum absolute atomic E-state index is 10.3. The van der Waals surface area contributed by atoms with Crippen LogP contribution in [0.3, 0.4) is 0 Å². The smallest absolute Gasteiger partial charge is 0.120 e. The van der Waals surface area contributed by atoms with Crippen molar-refractivity contribution in [3.63, 3.8) is 0 Å². The molecule has 1 aliphatic heterocycles. The van der Waals surface area contributed by atoms with Crippen molar-refractivity contribution in [3.05, 3.63) is 42.0 Å². The molecule has 21 heavy (non-hydrogen) atoms. The number of rotatable bonds is 5. The van der Waals surface area contributed by atoms with Crippen LogP contribution in [-0.4, -0.2) is 35.8 Å². The first kappa shape index (κ1) is 14.4. The highest BCUT2D eigenvalue weighted by atomic mass is 16.5. The van der Waals surface area contributed by atoms with E-state index in [4.69, 9.17) is 4.74 Å². The molecular formula is C18H23NO2. The Morgan fingerprint density at radius 2 is 2.10 bits per heavy atom. The highest BCUT2D eigenvalue weighted by Gasteiger charge is 2.19. The molecule has 0 aliphatic carbocycles. The number of phenolic OH excluding ortho intramolecular Hbond substituents is 1. The lowest BCUT2D eigenvalue weighted by Crippen LogP contribution is -2.31. The van der Waals surface area contributed by atoms with E-state index in [2.05, 4.69) is 24.0 Å². The van der Waals surface area contributed by atoms with Crippen LogP contribution in [0.5, 0.6) is 5.75 Å².